The van der Waals surface area contributed by atoms with E-state index in [1.54, 1.807) is 0 Å². The maximum absolute atomic E-state index is 12.6. The molecule has 24 heavy (non-hydrogen) atoms. The first-order chi connectivity index (χ1) is 11.6. The van der Waals surface area contributed by atoms with Crippen LogP contribution in [0, 0.1) is 0 Å². The molecule has 4 nitrogen and oxygen atoms in total. The molecule has 2 N–H and O–H groups in total. The fraction of sp³-hybridized carbons (Fsp3) is 0.150. The van der Waals surface area contributed by atoms with E-state index in [1.165, 1.54) is 0 Å². The van der Waals surface area contributed by atoms with Crippen molar-refractivity contribution in [2.75, 3.05) is 7.05 Å². The highest BCUT2D eigenvalue weighted by atomic mass is 16.5. The summed E-state index contributed by atoms with van der Waals surface area (Å²) in [6.07, 6.45) is 10.4. The summed E-state index contributed by atoms with van der Waals surface area (Å²) in [5.74, 6) is 0.927. The zero-order valence-electron chi connectivity index (χ0n) is 13.4. The van der Waals surface area contributed by atoms with Crippen LogP contribution in [0.15, 0.2) is 89.0 Å². The Balaban J connectivity index is 1.87. The van der Waals surface area contributed by atoms with Crippen molar-refractivity contribution in [2.24, 2.45) is 5.73 Å². The van der Waals surface area contributed by atoms with Gasteiger partial charge in [-0.15, -0.1) is 0 Å². The molecule has 1 aromatic rings. The minimum absolute atomic E-state index is 0.0888. The Hall–Kier alpha value is -3.01. The largest absolute Gasteiger partial charge is 0.453 e. The van der Waals surface area contributed by atoms with Gasteiger partial charge >= 0.3 is 0 Å². The number of carbonyl (C=O) groups excluding carboxylic acids is 1. The van der Waals surface area contributed by atoms with E-state index in [4.69, 9.17) is 10.5 Å². The van der Waals surface area contributed by atoms with Crippen molar-refractivity contribution in [3.8, 4) is 5.75 Å². The van der Waals surface area contributed by atoms with Crippen molar-refractivity contribution in [3.05, 3.63) is 89.0 Å². The third-order valence-corrected chi connectivity index (χ3v) is 4.49. The van der Waals surface area contributed by atoms with Crippen LogP contribution >= 0.6 is 0 Å². The molecule has 1 unspecified atom stereocenters. The highest BCUT2D eigenvalue weighted by molar-refractivity contribution is 5.99. The average Bonchev–Trinajstić information content (AvgIpc) is 2.59. The van der Waals surface area contributed by atoms with Gasteiger partial charge in [0.1, 0.15) is 5.75 Å². The van der Waals surface area contributed by atoms with E-state index in [-0.39, 0.29) is 18.2 Å². The summed E-state index contributed by atoms with van der Waals surface area (Å²) in [5, 5.41) is 0. The predicted molar refractivity (Wildman–Crippen MR) is 92.8 cm³/mol. The van der Waals surface area contributed by atoms with Gasteiger partial charge in [0.25, 0.3) is 0 Å². The van der Waals surface area contributed by atoms with E-state index >= 15 is 0 Å². The van der Waals surface area contributed by atoms with E-state index in [1.807, 2.05) is 55.6 Å². The second kappa shape index (κ2) is 5.57. The Morgan fingerprint density at radius 1 is 1.21 bits per heavy atom. The summed E-state index contributed by atoms with van der Waals surface area (Å²) >= 11 is 0. The molecule has 1 aromatic carbocycles. The van der Waals surface area contributed by atoms with Gasteiger partial charge in [0.15, 0.2) is 5.76 Å². The standard InChI is InChI=1S/C20H18N2O2/c1-22-17-10-6-5-7-13(17)11-15-19(22)16(21)12-18(23)20(15)24-14-8-3-2-4-9-14/h2-11,17H,12,21H2,1H3. The quantitative estimate of drug-likeness (QED) is 0.911. The molecule has 0 saturated heterocycles. The number of ether oxygens (including phenoxy) is 1. The van der Waals surface area contributed by atoms with Gasteiger partial charge in [-0.1, -0.05) is 42.5 Å². The van der Waals surface area contributed by atoms with Crippen LogP contribution in [0.3, 0.4) is 0 Å². The number of nitrogens with two attached hydrogens (primary N) is 1. The number of hydrogen-bond acceptors (Lipinski definition) is 4. The van der Waals surface area contributed by atoms with Gasteiger partial charge in [-0.3, -0.25) is 4.79 Å². The van der Waals surface area contributed by atoms with Gasteiger partial charge in [0, 0.05) is 18.3 Å². The maximum Gasteiger partial charge on any atom is 0.204 e. The second-order valence-electron chi connectivity index (χ2n) is 6.08. The highest BCUT2D eigenvalue weighted by Crippen LogP contribution is 2.38. The minimum atomic E-state index is -0.0888. The van der Waals surface area contributed by atoms with Gasteiger partial charge in [0.2, 0.25) is 5.78 Å². The summed E-state index contributed by atoms with van der Waals surface area (Å²) in [7, 11) is 2.00. The second-order valence-corrected chi connectivity index (χ2v) is 6.08. The molecule has 0 amide bonds. The van der Waals surface area contributed by atoms with Crippen LogP contribution in [0.5, 0.6) is 5.75 Å². The smallest absolute Gasteiger partial charge is 0.204 e. The van der Waals surface area contributed by atoms with Crippen LogP contribution in [0.2, 0.25) is 0 Å². The molecule has 0 radical (unpaired) electrons. The number of allylic oxidation sites excluding steroid dienone is 5. The third kappa shape index (κ3) is 2.27. The highest BCUT2D eigenvalue weighted by Gasteiger charge is 2.35. The first kappa shape index (κ1) is 14.6. The van der Waals surface area contributed by atoms with Crippen LogP contribution in [0.1, 0.15) is 6.42 Å². The zero-order chi connectivity index (χ0) is 16.7. The van der Waals surface area contributed by atoms with Crippen molar-refractivity contribution in [3.63, 3.8) is 0 Å². The Morgan fingerprint density at radius 3 is 2.79 bits per heavy atom. The lowest BCUT2D eigenvalue weighted by atomic mass is 9.86. The Morgan fingerprint density at radius 2 is 2.00 bits per heavy atom. The summed E-state index contributed by atoms with van der Waals surface area (Å²) in [6, 6.07) is 9.50. The summed E-state index contributed by atoms with van der Waals surface area (Å²) in [6.45, 7) is 0. The van der Waals surface area contributed by atoms with E-state index in [0.29, 0.717) is 17.2 Å². The monoisotopic (exact) mass is 318 g/mol. The number of rotatable bonds is 2. The summed E-state index contributed by atoms with van der Waals surface area (Å²) < 4.78 is 5.94. The first-order valence-corrected chi connectivity index (χ1v) is 7.94. The number of para-hydroxylation sites is 1. The Labute approximate surface area is 140 Å². The maximum atomic E-state index is 12.6. The number of carbonyl (C=O) groups is 1. The lowest BCUT2D eigenvalue weighted by molar-refractivity contribution is -0.117. The van der Waals surface area contributed by atoms with Crippen molar-refractivity contribution in [1.82, 2.24) is 4.90 Å². The molecular formula is C20H18N2O2. The predicted octanol–water partition coefficient (Wildman–Crippen LogP) is 2.83. The molecule has 4 rings (SSSR count). The lowest BCUT2D eigenvalue weighted by Crippen LogP contribution is -2.39. The number of fused-ring (bicyclic) bond motifs is 2. The Kier molecular flexibility index (Phi) is 3.38. The number of hydrogen-bond donors (Lipinski definition) is 1. The van der Waals surface area contributed by atoms with Gasteiger partial charge in [-0.2, -0.15) is 0 Å². The third-order valence-electron chi connectivity index (χ3n) is 4.49. The molecule has 1 aliphatic heterocycles. The number of likely N-dealkylation sites (N-methyl/N-ethyl adjacent to an activating group) is 1. The topological polar surface area (TPSA) is 55.6 Å². The van der Waals surface area contributed by atoms with E-state index in [0.717, 1.165) is 16.8 Å². The number of nitrogens with zero attached hydrogens (tertiary/aromatic N) is 1. The average molecular weight is 318 g/mol. The molecule has 0 fully saturated rings. The van der Waals surface area contributed by atoms with Crippen LogP contribution in [0.25, 0.3) is 0 Å². The van der Waals surface area contributed by atoms with Crippen molar-refractivity contribution >= 4 is 5.78 Å². The molecule has 2 aliphatic carbocycles. The molecule has 0 saturated carbocycles. The molecule has 0 aromatic heterocycles. The lowest BCUT2D eigenvalue weighted by Gasteiger charge is -2.39. The van der Waals surface area contributed by atoms with Crippen molar-refractivity contribution in [2.45, 2.75) is 12.5 Å². The number of benzene rings is 1. The van der Waals surface area contributed by atoms with Crippen LogP contribution in [-0.2, 0) is 4.79 Å². The summed E-state index contributed by atoms with van der Waals surface area (Å²) in [5.41, 5.74) is 9.57. The van der Waals surface area contributed by atoms with E-state index in [2.05, 4.69) is 17.1 Å². The summed E-state index contributed by atoms with van der Waals surface area (Å²) in [4.78, 5) is 14.7. The fourth-order valence-electron chi connectivity index (χ4n) is 3.37. The number of Topliss-reactive ketones (excluding diaryl/α,β-unsaturated/α-hetero) is 1. The molecule has 3 aliphatic rings. The SMILES string of the molecule is CN1C2=C(N)CC(=O)C(Oc3ccccc3)=C2C=C2C=CC=CC21. The van der Waals surface area contributed by atoms with E-state index in [9.17, 15) is 4.79 Å². The minimum Gasteiger partial charge on any atom is -0.453 e. The van der Waals surface area contributed by atoms with Crippen molar-refractivity contribution < 1.29 is 9.53 Å². The van der Waals surface area contributed by atoms with Crippen LogP contribution in [-0.4, -0.2) is 23.8 Å². The Bertz CT molecular complexity index is 857. The molecule has 4 heteroatoms. The molecule has 120 valence electrons. The molecule has 1 atom stereocenters. The van der Waals surface area contributed by atoms with Crippen LogP contribution < -0.4 is 10.5 Å². The van der Waals surface area contributed by atoms with Gasteiger partial charge in [0.05, 0.1) is 18.2 Å². The zero-order valence-corrected chi connectivity index (χ0v) is 13.4. The van der Waals surface area contributed by atoms with E-state index < -0.39 is 0 Å². The molecular weight excluding hydrogens is 300 g/mol. The van der Waals surface area contributed by atoms with Crippen LogP contribution in [0.4, 0.5) is 0 Å². The van der Waals surface area contributed by atoms with Gasteiger partial charge in [-0.05, 0) is 23.8 Å². The molecule has 0 spiro atoms. The normalized spacial score (nSPS) is 22.4. The molecule has 0 bridgehead atoms. The fourth-order valence-corrected chi connectivity index (χ4v) is 3.37. The van der Waals surface area contributed by atoms with Gasteiger partial charge < -0.3 is 15.4 Å². The first-order valence-electron chi connectivity index (χ1n) is 7.94. The molecule has 1 heterocycles. The van der Waals surface area contributed by atoms with Crippen molar-refractivity contribution in [1.29, 1.82) is 0 Å². The number of ketones is 1. The van der Waals surface area contributed by atoms with Gasteiger partial charge in [-0.25, -0.2) is 0 Å².